The third kappa shape index (κ3) is 3.64. The molecule has 0 amide bonds. The molecule has 2 aromatic heterocycles. The number of pyridine rings is 1. The summed E-state index contributed by atoms with van der Waals surface area (Å²) < 4.78 is 1.54. The number of benzene rings is 2. The standard InChI is InChI=1S/C25H19N3O2/c1-3-18-7-11-21(12-8-18)28-23(27-24-22(25(28)30)5-4-14-26-24)13-10-19-15-17(2)6-9-20(19)16-29/h1,4-15,29H,16H2,2H3/b13-10+. The fraction of sp³-hybridized carbons (Fsp3) is 0.0800. The third-order valence-corrected chi connectivity index (χ3v) is 4.85. The van der Waals surface area contributed by atoms with E-state index in [1.54, 1.807) is 48.7 Å². The van der Waals surface area contributed by atoms with Gasteiger partial charge in [0.05, 0.1) is 17.7 Å². The second-order valence-corrected chi connectivity index (χ2v) is 6.87. The van der Waals surface area contributed by atoms with Gasteiger partial charge < -0.3 is 5.11 Å². The van der Waals surface area contributed by atoms with Crippen LogP contribution >= 0.6 is 0 Å². The molecule has 2 heterocycles. The second-order valence-electron chi connectivity index (χ2n) is 6.87. The van der Waals surface area contributed by atoms with E-state index in [0.717, 1.165) is 22.3 Å². The number of aromatic nitrogens is 3. The number of fused-ring (bicyclic) bond motifs is 1. The summed E-state index contributed by atoms with van der Waals surface area (Å²) in [5.41, 5.74) is 4.28. The van der Waals surface area contributed by atoms with Crippen molar-refractivity contribution in [1.29, 1.82) is 0 Å². The van der Waals surface area contributed by atoms with Crippen molar-refractivity contribution in [3.05, 3.63) is 99.2 Å². The largest absolute Gasteiger partial charge is 0.392 e. The van der Waals surface area contributed by atoms with Gasteiger partial charge in [-0.3, -0.25) is 9.36 Å². The van der Waals surface area contributed by atoms with Crippen molar-refractivity contribution in [2.24, 2.45) is 0 Å². The van der Waals surface area contributed by atoms with Crippen LogP contribution in [0.1, 0.15) is 28.1 Å². The summed E-state index contributed by atoms with van der Waals surface area (Å²) in [6.07, 6.45) is 10.7. The number of terminal acetylenes is 1. The monoisotopic (exact) mass is 393 g/mol. The molecule has 5 nitrogen and oxygen atoms in total. The maximum Gasteiger partial charge on any atom is 0.267 e. The maximum absolute atomic E-state index is 13.3. The minimum atomic E-state index is -0.215. The minimum absolute atomic E-state index is 0.0764. The summed E-state index contributed by atoms with van der Waals surface area (Å²) in [6, 6.07) is 16.4. The molecule has 0 fully saturated rings. The fourth-order valence-corrected chi connectivity index (χ4v) is 3.28. The van der Waals surface area contributed by atoms with Crippen LogP contribution in [0.25, 0.3) is 28.9 Å². The van der Waals surface area contributed by atoms with Crippen LogP contribution in [0.2, 0.25) is 0 Å². The summed E-state index contributed by atoms with van der Waals surface area (Å²) in [5, 5.41) is 10.1. The van der Waals surface area contributed by atoms with Crippen LogP contribution in [-0.4, -0.2) is 19.6 Å². The Labute approximate surface area is 174 Å². The zero-order valence-electron chi connectivity index (χ0n) is 16.4. The predicted octanol–water partition coefficient (Wildman–Crippen LogP) is 3.73. The number of nitrogens with zero attached hydrogens (tertiary/aromatic N) is 3. The van der Waals surface area contributed by atoms with Gasteiger partial charge in [-0.15, -0.1) is 6.42 Å². The third-order valence-electron chi connectivity index (χ3n) is 4.85. The molecule has 0 saturated carbocycles. The van der Waals surface area contributed by atoms with Crippen LogP contribution in [0.4, 0.5) is 0 Å². The van der Waals surface area contributed by atoms with E-state index < -0.39 is 0 Å². The second kappa shape index (κ2) is 8.16. The Morgan fingerprint density at radius 1 is 1.13 bits per heavy atom. The first kappa shape index (κ1) is 19.3. The number of hydrogen-bond donors (Lipinski definition) is 1. The first-order valence-electron chi connectivity index (χ1n) is 9.44. The molecule has 0 saturated heterocycles. The van der Waals surface area contributed by atoms with Crippen molar-refractivity contribution in [2.45, 2.75) is 13.5 Å². The van der Waals surface area contributed by atoms with Crippen LogP contribution in [-0.2, 0) is 6.61 Å². The van der Waals surface area contributed by atoms with Gasteiger partial charge in [0.15, 0.2) is 5.65 Å². The van der Waals surface area contributed by atoms with Crippen molar-refractivity contribution < 1.29 is 5.11 Å². The van der Waals surface area contributed by atoms with Crippen LogP contribution in [0, 0.1) is 19.3 Å². The normalized spacial score (nSPS) is 11.1. The van der Waals surface area contributed by atoms with Crippen LogP contribution in [0.5, 0.6) is 0 Å². The molecule has 0 radical (unpaired) electrons. The van der Waals surface area contributed by atoms with Gasteiger partial charge in [0.1, 0.15) is 5.82 Å². The van der Waals surface area contributed by atoms with Crippen LogP contribution in [0.15, 0.2) is 65.6 Å². The average molecular weight is 393 g/mol. The molecule has 0 bridgehead atoms. The zero-order valence-corrected chi connectivity index (χ0v) is 16.4. The Kier molecular flexibility index (Phi) is 5.25. The van der Waals surface area contributed by atoms with Crippen molar-refractivity contribution in [3.8, 4) is 18.0 Å². The SMILES string of the molecule is C#Cc1ccc(-n2c(/C=C/c3cc(C)ccc3CO)nc3ncccc3c2=O)cc1. The predicted molar refractivity (Wildman–Crippen MR) is 119 cm³/mol. The van der Waals surface area contributed by atoms with E-state index in [9.17, 15) is 9.90 Å². The van der Waals surface area contributed by atoms with E-state index in [0.29, 0.717) is 22.5 Å². The van der Waals surface area contributed by atoms with Crippen LogP contribution < -0.4 is 5.56 Å². The van der Waals surface area contributed by atoms with Crippen molar-refractivity contribution in [3.63, 3.8) is 0 Å². The molecular weight excluding hydrogens is 374 g/mol. The zero-order chi connectivity index (χ0) is 21.1. The Hall–Kier alpha value is -4.01. The molecule has 2 aromatic carbocycles. The highest BCUT2D eigenvalue weighted by atomic mass is 16.3. The fourth-order valence-electron chi connectivity index (χ4n) is 3.28. The minimum Gasteiger partial charge on any atom is -0.392 e. The van der Waals surface area contributed by atoms with Crippen molar-refractivity contribution in [2.75, 3.05) is 0 Å². The van der Waals surface area contributed by atoms with Gasteiger partial charge in [-0.05, 0) is 60.5 Å². The Morgan fingerprint density at radius 3 is 2.67 bits per heavy atom. The number of aliphatic hydroxyl groups is 1. The molecule has 5 heteroatoms. The van der Waals surface area contributed by atoms with Crippen molar-refractivity contribution in [1.82, 2.24) is 14.5 Å². The molecule has 0 atom stereocenters. The number of aliphatic hydroxyl groups excluding tert-OH is 1. The molecule has 0 aliphatic heterocycles. The van der Waals surface area contributed by atoms with Gasteiger partial charge in [0.2, 0.25) is 0 Å². The lowest BCUT2D eigenvalue weighted by Gasteiger charge is -2.11. The van der Waals surface area contributed by atoms with Gasteiger partial charge in [-0.1, -0.05) is 35.8 Å². The van der Waals surface area contributed by atoms with Gasteiger partial charge in [0.25, 0.3) is 5.56 Å². The molecule has 0 spiro atoms. The van der Waals surface area contributed by atoms with E-state index in [2.05, 4.69) is 15.9 Å². The molecule has 4 aromatic rings. The van der Waals surface area contributed by atoms with Crippen molar-refractivity contribution >= 4 is 23.2 Å². The van der Waals surface area contributed by atoms with E-state index in [4.69, 9.17) is 6.42 Å². The molecule has 1 N–H and O–H groups in total. The highest BCUT2D eigenvalue weighted by Gasteiger charge is 2.12. The van der Waals surface area contributed by atoms with E-state index in [1.165, 1.54) is 4.57 Å². The van der Waals surface area contributed by atoms with E-state index >= 15 is 0 Å². The molecule has 0 unspecified atom stereocenters. The Balaban J connectivity index is 1.93. The van der Waals surface area contributed by atoms with E-state index in [1.807, 2.05) is 31.2 Å². The van der Waals surface area contributed by atoms with Crippen LogP contribution in [0.3, 0.4) is 0 Å². The Morgan fingerprint density at radius 2 is 1.93 bits per heavy atom. The summed E-state index contributed by atoms with van der Waals surface area (Å²) in [7, 11) is 0. The molecule has 146 valence electrons. The summed E-state index contributed by atoms with van der Waals surface area (Å²) in [6.45, 7) is 1.91. The van der Waals surface area contributed by atoms with Gasteiger partial charge in [-0.2, -0.15) is 0 Å². The average Bonchev–Trinajstić information content (AvgIpc) is 2.78. The molecule has 0 aliphatic rings. The first-order chi connectivity index (χ1) is 14.6. The molecule has 4 rings (SSSR count). The summed E-state index contributed by atoms with van der Waals surface area (Å²) >= 11 is 0. The lowest BCUT2D eigenvalue weighted by Crippen LogP contribution is -2.22. The quantitative estimate of drug-likeness (QED) is 0.537. The van der Waals surface area contributed by atoms with Gasteiger partial charge in [-0.25, -0.2) is 9.97 Å². The lowest BCUT2D eigenvalue weighted by atomic mass is 10.0. The number of hydrogen-bond acceptors (Lipinski definition) is 4. The Bertz CT molecular complexity index is 1360. The number of rotatable bonds is 4. The number of aryl methyl sites for hydroxylation is 1. The lowest BCUT2D eigenvalue weighted by molar-refractivity contribution is 0.281. The highest BCUT2D eigenvalue weighted by Crippen LogP contribution is 2.18. The molecular formula is C25H19N3O2. The topological polar surface area (TPSA) is 68.0 Å². The molecule has 0 aliphatic carbocycles. The first-order valence-corrected chi connectivity index (χ1v) is 9.44. The molecule has 30 heavy (non-hydrogen) atoms. The smallest absolute Gasteiger partial charge is 0.267 e. The maximum atomic E-state index is 13.3. The van der Waals surface area contributed by atoms with E-state index in [-0.39, 0.29) is 12.2 Å². The summed E-state index contributed by atoms with van der Waals surface area (Å²) in [5.74, 6) is 3.01. The van der Waals surface area contributed by atoms with Gasteiger partial charge >= 0.3 is 0 Å². The summed E-state index contributed by atoms with van der Waals surface area (Å²) in [4.78, 5) is 22.1. The van der Waals surface area contributed by atoms with Gasteiger partial charge in [0, 0.05) is 11.8 Å². The highest BCUT2D eigenvalue weighted by molar-refractivity contribution is 5.77.